The molecule has 4 heteroatoms. The lowest BCUT2D eigenvalue weighted by Gasteiger charge is -2.29. The van der Waals surface area contributed by atoms with Gasteiger partial charge in [0.15, 0.2) is 0 Å². The lowest BCUT2D eigenvalue weighted by molar-refractivity contribution is -0.140. The third-order valence-corrected chi connectivity index (χ3v) is 4.57. The van der Waals surface area contributed by atoms with Gasteiger partial charge in [-0.2, -0.15) is 0 Å². The van der Waals surface area contributed by atoms with Gasteiger partial charge in [-0.25, -0.2) is 0 Å². The minimum atomic E-state index is -0.527. The first-order valence-corrected chi connectivity index (χ1v) is 8.21. The van der Waals surface area contributed by atoms with Crippen LogP contribution in [0.4, 0.5) is 0 Å². The summed E-state index contributed by atoms with van der Waals surface area (Å²) in [5, 5.41) is 5.62. The summed E-state index contributed by atoms with van der Waals surface area (Å²) in [5.41, 5.74) is 1.16. The first kappa shape index (κ1) is 16.5. The van der Waals surface area contributed by atoms with Gasteiger partial charge in [0.25, 0.3) is 0 Å². The third kappa shape index (κ3) is 4.58. The van der Waals surface area contributed by atoms with E-state index in [1.54, 1.807) is 0 Å². The van der Waals surface area contributed by atoms with E-state index < -0.39 is 11.8 Å². The summed E-state index contributed by atoms with van der Waals surface area (Å²) in [7, 11) is 0. The number of nitrogens with one attached hydrogen (secondary N) is 2. The maximum absolute atomic E-state index is 12.0. The quantitative estimate of drug-likeness (QED) is 0.840. The molecular formula is C18H26N2O2. The van der Waals surface area contributed by atoms with Crippen LogP contribution in [-0.2, 0) is 9.59 Å². The zero-order chi connectivity index (χ0) is 15.9. The maximum atomic E-state index is 12.0. The molecule has 0 spiro atoms. The highest BCUT2D eigenvalue weighted by Gasteiger charge is 2.25. The predicted octanol–water partition coefficient (Wildman–Crippen LogP) is 2.60. The molecule has 1 aromatic carbocycles. The Morgan fingerprint density at radius 2 is 1.82 bits per heavy atom. The first-order valence-electron chi connectivity index (χ1n) is 8.21. The summed E-state index contributed by atoms with van der Waals surface area (Å²) in [6.45, 7) is 4.65. The molecule has 0 bridgehead atoms. The van der Waals surface area contributed by atoms with Gasteiger partial charge in [0.2, 0.25) is 0 Å². The van der Waals surface area contributed by atoms with E-state index in [2.05, 4.69) is 17.6 Å². The molecule has 0 unspecified atom stereocenters. The molecule has 120 valence electrons. The van der Waals surface area contributed by atoms with Crippen LogP contribution < -0.4 is 10.6 Å². The topological polar surface area (TPSA) is 58.2 Å². The molecule has 0 heterocycles. The highest BCUT2D eigenvalue weighted by atomic mass is 16.2. The van der Waals surface area contributed by atoms with E-state index in [0.29, 0.717) is 12.5 Å². The van der Waals surface area contributed by atoms with Gasteiger partial charge in [-0.15, -0.1) is 0 Å². The molecule has 0 radical (unpaired) electrons. The Morgan fingerprint density at radius 3 is 2.50 bits per heavy atom. The number of carbonyl (C=O) groups excluding carboxylic acids is 2. The first-order chi connectivity index (χ1) is 10.6. The molecule has 1 saturated carbocycles. The average Bonchev–Trinajstić information content (AvgIpc) is 2.55. The van der Waals surface area contributed by atoms with E-state index in [1.165, 1.54) is 6.42 Å². The minimum absolute atomic E-state index is 0.138. The van der Waals surface area contributed by atoms with Crippen LogP contribution in [0.25, 0.3) is 0 Å². The summed E-state index contributed by atoms with van der Waals surface area (Å²) in [6.07, 6.45) is 4.44. The van der Waals surface area contributed by atoms with Crippen LogP contribution in [0.3, 0.4) is 0 Å². The molecule has 2 amide bonds. The fraction of sp³-hybridized carbons (Fsp3) is 0.556. The Kier molecular flexibility index (Phi) is 5.99. The van der Waals surface area contributed by atoms with Crippen molar-refractivity contribution in [2.45, 2.75) is 51.5 Å². The largest absolute Gasteiger partial charge is 0.347 e. The number of carbonyl (C=O) groups is 2. The molecule has 1 fully saturated rings. The molecule has 2 rings (SSSR count). The van der Waals surface area contributed by atoms with E-state index in [9.17, 15) is 9.59 Å². The van der Waals surface area contributed by atoms with Crippen LogP contribution in [0.2, 0.25) is 0 Å². The molecule has 0 aliphatic heterocycles. The fourth-order valence-corrected chi connectivity index (χ4v) is 2.99. The van der Waals surface area contributed by atoms with Crippen molar-refractivity contribution in [2.24, 2.45) is 5.92 Å². The van der Waals surface area contributed by atoms with Gasteiger partial charge in [0.1, 0.15) is 0 Å². The van der Waals surface area contributed by atoms with E-state index in [1.807, 2.05) is 37.3 Å². The normalized spacial score (nSPS) is 22.6. The molecule has 3 atom stereocenters. The van der Waals surface area contributed by atoms with E-state index >= 15 is 0 Å². The predicted molar refractivity (Wildman–Crippen MR) is 87.4 cm³/mol. The van der Waals surface area contributed by atoms with Gasteiger partial charge >= 0.3 is 11.8 Å². The maximum Gasteiger partial charge on any atom is 0.309 e. The SMILES string of the molecule is C[C@H](CNC(=O)C(=O)N[C@H]1CCCC[C@H]1C)c1ccccc1. The lowest BCUT2D eigenvalue weighted by Crippen LogP contribution is -2.48. The molecular weight excluding hydrogens is 276 g/mol. The van der Waals surface area contributed by atoms with E-state index in [0.717, 1.165) is 24.8 Å². The van der Waals surface area contributed by atoms with Gasteiger partial charge in [-0.1, -0.05) is 57.0 Å². The minimum Gasteiger partial charge on any atom is -0.347 e. The summed E-state index contributed by atoms with van der Waals surface area (Å²) < 4.78 is 0. The van der Waals surface area contributed by atoms with Gasteiger partial charge < -0.3 is 10.6 Å². The number of rotatable bonds is 4. The summed E-state index contributed by atoms with van der Waals surface area (Å²) >= 11 is 0. The number of hydrogen-bond donors (Lipinski definition) is 2. The molecule has 2 N–H and O–H groups in total. The monoisotopic (exact) mass is 302 g/mol. The second-order valence-electron chi connectivity index (χ2n) is 6.36. The van der Waals surface area contributed by atoms with Crippen molar-refractivity contribution >= 4 is 11.8 Å². The van der Waals surface area contributed by atoms with Crippen molar-refractivity contribution in [1.29, 1.82) is 0 Å². The average molecular weight is 302 g/mol. The zero-order valence-corrected chi connectivity index (χ0v) is 13.5. The van der Waals surface area contributed by atoms with Crippen molar-refractivity contribution in [3.05, 3.63) is 35.9 Å². The summed E-state index contributed by atoms with van der Waals surface area (Å²) in [6, 6.07) is 10.1. The standard InChI is InChI=1S/C18H26N2O2/c1-13-8-6-7-11-16(13)20-18(22)17(21)19-12-14(2)15-9-4-3-5-10-15/h3-5,9-10,13-14,16H,6-8,11-12H2,1-2H3,(H,19,21)(H,20,22)/t13-,14-,16+/m1/s1. The summed E-state index contributed by atoms with van der Waals surface area (Å²) in [5.74, 6) is -0.389. The van der Waals surface area contributed by atoms with Crippen LogP contribution in [0.15, 0.2) is 30.3 Å². The van der Waals surface area contributed by atoms with Crippen molar-refractivity contribution in [3.8, 4) is 0 Å². The second-order valence-corrected chi connectivity index (χ2v) is 6.36. The Labute approximate surface area is 132 Å². The highest BCUT2D eigenvalue weighted by molar-refractivity contribution is 6.35. The zero-order valence-electron chi connectivity index (χ0n) is 13.5. The van der Waals surface area contributed by atoms with Crippen LogP contribution in [-0.4, -0.2) is 24.4 Å². The Balaban J connectivity index is 1.78. The lowest BCUT2D eigenvalue weighted by atomic mass is 9.86. The Bertz CT molecular complexity index is 501. The highest BCUT2D eigenvalue weighted by Crippen LogP contribution is 2.23. The van der Waals surface area contributed by atoms with Crippen LogP contribution in [0.1, 0.15) is 51.0 Å². The Morgan fingerprint density at radius 1 is 1.14 bits per heavy atom. The second kappa shape index (κ2) is 7.97. The number of benzene rings is 1. The molecule has 4 nitrogen and oxygen atoms in total. The van der Waals surface area contributed by atoms with Gasteiger partial charge in [0, 0.05) is 12.6 Å². The Hall–Kier alpha value is -1.84. The van der Waals surface area contributed by atoms with E-state index in [-0.39, 0.29) is 12.0 Å². The summed E-state index contributed by atoms with van der Waals surface area (Å²) in [4.78, 5) is 23.9. The van der Waals surface area contributed by atoms with Gasteiger partial charge in [-0.3, -0.25) is 9.59 Å². The van der Waals surface area contributed by atoms with Crippen molar-refractivity contribution in [2.75, 3.05) is 6.54 Å². The van der Waals surface area contributed by atoms with Crippen LogP contribution >= 0.6 is 0 Å². The molecule has 1 aliphatic carbocycles. The van der Waals surface area contributed by atoms with Crippen LogP contribution in [0, 0.1) is 5.92 Å². The van der Waals surface area contributed by atoms with Crippen molar-refractivity contribution < 1.29 is 9.59 Å². The van der Waals surface area contributed by atoms with Crippen molar-refractivity contribution in [3.63, 3.8) is 0 Å². The number of amides is 2. The molecule has 22 heavy (non-hydrogen) atoms. The molecule has 0 saturated heterocycles. The number of hydrogen-bond acceptors (Lipinski definition) is 2. The molecule has 0 aromatic heterocycles. The molecule has 1 aliphatic rings. The van der Waals surface area contributed by atoms with E-state index in [4.69, 9.17) is 0 Å². The van der Waals surface area contributed by atoms with Crippen LogP contribution in [0.5, 0.6) is 0 Å². The fourth-order valence-electron chi connectivity index (χ4n) is 2.99. The van der Waals surface area contributed by atoms with Gasteiger partial charge in [0.05, 0.1) is 0 Å². The van der Waals surface area contributed by atoms with Crippen molar-refractivity contribution in [1.82, 2.24) is 10.6 Å². The smallest absolute Gasteiger partial charge is 0.309 e. The van der Waals surface area contributed by atoms with Gasteiger partial charge in [-0.05, 0) is 30.2 Å². The molecule has 1 aromatic rings. The third-order valence-electron chi connectivity index (χ3n) is 4.57.